The van der Waals surface area contributed by atoms with Crippen LogP contribution in [0.2, 0.25) is 0 Å². The third kappa shape index (κ3) is 4.47. The standard InChI is InChI=1S/C20H23NO5/c1-13-10-17(24-3)19(26-5)12-15(13)21-20(22)9-7-14-6-8-16(23-2)18(11-14)25-4/h6-12H,1-5H3,(H,21,22)/b9-7+. The summed E-state index contributed by atoms with van der Waals surface area (Å²) in [6.07, 6.45) is 3.16. The van der Waals surface area contributed by atoms with Crippen LogP contribution in [-0.4, -0.2) is 34.3 Å². The van der Waals surface area contributed by atoms with Gasteiger partial charge in [-0.15, -0.1) is 0 Å². The minimum absolute atomic E-state index is 0.255. The lowest BCUT2D eigenvalue weighted by Crippen LogP contribution is -2.09. The zero-order valence-corrected chi connectivity index (χ0v) is 15.6. The van der Waals surface area contributed by atoms with E-state index >= 15 is 0 Å². The number of carbonyl (C=O) groups excluding carboxylic acids is 1. The number of ether oxygens (including phenoxy) is 4. The largest absolute Gasteiger partial charge is 0.493 e. The molecular weight excluding hydrogens is 334 g/mol. The van der Waals surface area contributed by atoms with E-state index < -0.39 is 0 Å². The summed E-state index contributed by atoms with van der Waals surface area (Å²) in [4.78, 5) is 12.2. The Morgan fingerprint density at radius 1 is 0.846 bits per heavy atom. The maximum absolute atomic E-state index is 12.2. The van der Waals surface area contributed by atoms with Gasteiger partial charge in [0.25, 0.3) is 0 Å². The van der Waals surface area contributed by atoms with Gasteiger partial charge in [-0.1, -0.05) is 6.07 Å². The molecular formula is C20H23NO5. The van der Waals surface area contributed by atoms with Crippen molar-refractivity contribution in [3.8, 4) is 23.0 Å². The summed E-state index contributed by atoms with van der Waals surface area (Å²) >= 11 is 0. The van der Waals surface area contributed by atoms with Gasteiger partial charge in [0.05, 0.1) is 28.4 Å². The highest BCUT2D eigenvalue weighted by Crippen LogP contribution is 2.33. The van der Waals surface area contributed by atoms with Crippen LogP contribution in [0.3, 0.4) is 0 Å². The number of rotatable bonds is 7. The van der Waals surface area contributed by atoms with Crippen LogP contribution in [0.4, 0.5) is 5.69 Å². The zero-order chi connectivity index (χ0) is 19.1. The smallest absolute Gasteiger partial charge is 0.248 e. The van der Waals surface area contributed by atoms with Gasteiger partial charge in [-0.05, 0) is 42.3 Å². The molecule has 6 heteroatoms. The van der Waals surface area contributed by atoms with Crippen LogP contribution in [-0.2, 0) is 4.79 Å². The maximum Gasteiger partial charge on any atom is 0.248 e. The highest BCUT2D eigenvalue weighted by Gasteiger charge is 2.10. The van der Waals surface area contributed by atoms with Crippen molar-refractivity contribution in [3.63, 3.8) is 0 Å². The third-order valence-electron chi connectivity index (χ3n) is 3.82. The first kappa shape index (κ1) is 19.2. The van der Waals surface area contributed by atoms with Crippen molar-refractivity contribution in [2.45, 2.75) is 6.92 Å². The van der Waals surface area contributed by atoms with Crippen LogP contribution in [0.1, 0.15) is 11.1 Å². The highest BCUT2D eigenvalue weighted by atomic mass is 16.5. The van der Waals surface area contributed by atoms with E-state index in [0.29, 0.717) is 28.7 Å². The van der Waals surface area contributed by atoms with Gasteiger partial charge in [0.15, 0.2) is 23.0 Å². The molecule has 0 saturated heterocycles. The van der Waals surface area contributed by atoms with Crippen LogP contribution in [0, 0.1) is 6.92 Å². The topological polar surface area (TPSA) is 66.0 Å². The Bertz CT molecular complexity index is 814. The number of anilines is 1. The van der Waals surface area contributed by atoms with Crippen molar-refractivity contribution in [1.82, 2.24) is 0 Å². The fourth-order valence-corrected chi connectivity index (χ4v) is 2.42. The van der Waals surface area contributed by atoms with E-state index in [1.807, 2.05) is 19.1 Å². The van der Waals surface area contributed by atoms with Gasteiger partial charge in [0.2, 0.25) is 5.91 Å². The van der Waals surface area contributed by atoms with Crippen LogP contribution in [0.15, 0.2) is 36.4 Å². The van der Waals surface area contributed by atoms with E-state index in [2.05, 4.69) is 5.32 Å². The molecule has 0 aliphatic rings. The summed E-state index contributed by atoms with van der Waals surface area (Å²) < 4.78 is 21.0. The Morgan fingerprint density at radius 3 is 2.04 bits per heavy atom. The first-order valence-corrected chi connectivity index (χ1v) is 7.96. The number of benzene rings is 2. The van der Waals surface area contributed by atoms with Crippen molar-refractivity contribution >= 4 is 17.7 Å². The molecule has 138 valence electrons. The fraction of sp³-hybridized carbons (Fsp3) is 0.250. The average Bonchev–Trinajstić information content (AvgIpc) is 2.67. The normalized spacial score (nSPS) is 10.5. The van der Waals surface area contributed by atoms with E-state index in [9.17, 15) is 4.79 Å². The molecule has 0 radical (unpaired) electrons. The number of aryl methyl sites for hydroxylation is 1. The molecule has 0 aliphatic carbocycles. The van der Waals surface area contributed by atoms with Gasteiger partial charge in [-0.3, -0.25) is 4.79 Å². The Labute approximate surface area is 153 Å². The molecule has 0 saturated carbocycles. The van der Waals surface area contributed by atoms with Crippen molar-refractivity contribution < 1.29 is 23.7 Å². The number of hydrogen-bond donors (Lipinski definition) is 1. The molecule has 0 atom stereocenters. The molecule has 0 bridgehead atoms. The molecule has 6 nitrogen and oxygen atoms in total. The molecule has 2 aromatic carbocycles. The summed E-state index contributed by atoms with van der Waals surface area (Å²) in [5.41, 5.74) is 2.35. The molecule has 0 aromatic heterocycles. The fourth-order valence-electron chi connectivity index (χ4n) is 2.42. The van der Waals surface area contributed by atoms with Crippen LogP contribution in [0.25, 0.3) is 6.08 Å². The predicted molar refractivity (Wildman–Crippen MR) is 101 cm³/mol. The molecule has 1 N–H and O–H groups in total. The molecule has 0 aliphatic heterocycles. The van der Waals surface area contributed by atoms with E-state index in [-0.39, 0.29) is 5.91 Å². The second kappa shape index (κ2) is 8.80. The summed E-state index contributed by atoms with van der Waals surface area (Å²) in [5, 5.41) is 2.84. The molecule has 26 heavy (non-hydrogen) atoms. The molecule has 1 amide bonds. The second-order valence-electron chi connectivity index (χ2n) is 5.46. The van der Waals surface area contributed by atoms with E-state index in [1.165, 1.54) is 6.08 Å². The average molecular weight is 357 g/mol. The first-order chi connectivity index (χ1) is 12.5. The maximum atomic E-state index is 12.2. The van der Waals surface area contributed by atoms with Crippen LogP contribution in [0.5, 0.6) is 23.0 Å². The highest BCUT2D eigenvalue weighted by molar-refractivity contribution is 6.02. The Kier molecular flexibility index (Phi) is 6.49. The van der Waals surface area contributed by atoms with Crippen LogP contribution >= 0.6 is 0 Å². The van der Waals surface area contributed by atoms with Crippen molar-refractivity contribution in [2.75, 3.05) is 33.8 Å². The van der Waals surface area contributed by atoms with Gasteiger partial charge in [0, 0.05) is 17.8 Å². The quantitative estimate of drug-likeness (QED) is 0.766. The Balaban J connectivity index is 2.15. The van der Waals surface area contributed by atoms with E-state index in [0.717, 1.165) is 11.1 Å². The molecule has 0 heterocycles. The lowest BCUT2D eigenvalue weighted by atomic mass is 10.1. The number of methoxy groups -OCH3 is 4. The number of amides is 1. The van der Waals surface area contributed by atoms with Crippen molar-refractivity contribution in [3.05, 3.63) is 47.5 Å². The number of carbonyl (C=O) groups is 1. The lowest BCUT2D eigenvalue weighted by Gasteiger charge is -2.13. The van der Waals surface area contributed by atoms with Crippen molar-refractivity contribution in [1.29, 1.82) is 0 Å². The molecule has 0 spiro atoms. The number of hydrogen-bond acceptors (Lipinski definition) is 5. The molecule has 2 aromatic rings. The predicted octanol–water partition coefficient (Wildman–Crippen LogP) is 3.68. The Morgan fingerprint density at radius 2 is 1.42 bits per heavy atom. The van der Waals surface area contributed by atoms with Gasteiger partial charge >= 0.3 is 0 Å². The molecule has 2 rings (SSSR count). The summed E-state index contributed by atoms with van der Waals surface area (Å²) in [5.74, 6) is 2.15. The van der Waals surface area contributed by atoms with E-state index in [1.54, 1.807) is 52.7 Å². The van der Waals surface area contributed by atoms with Gasteiger partial charge in [0.1, 0.15) is 0 Å². The van der Waals surface area contributed by atoms with Gasteiger partial charge in [-0.2, -0.15) is 0 Å². The van der Waals surface area contributed by atoms with E-state index in [4.69, 9.17) is 18.9 Å². The van der Waals surface area contributed by atoms with Crippen LogP contribution < -0.4 is 24.3 Å². The minimum Gasteiger partial charge on any atom is -0.493 e. The van der Waals surface area contributed by atoms with Gasteiger partial charge < -0.3 is 24.3 Å². The lowest BCUT2D eigenvalue weighted by molar-refractivity contribution is -0.111. The number of nitrogens with one attached hydrogen (secondary N) is 1. The minimum atomic E-state index is -0.255. The first-order valence-electron chi connectivity index (χ1n) is 7.96. The molecule has 0 fully saturated rings. The monoisotopic (exact) mass is 357 g/mol. The summed E-state index contributed by atoms with van der Waals surface area (Å²) in [6, 6.07) is 8.97. The van der Waals surface area contributed by atoms with Gasteiger partial charge in [-0.25, -0.2) is 0 Å². The zero-order valence-electron chi connectivity index (χ0n) is 15.6. The summed E-state index contributed by atoms with van der Waals surface area (Å²) in [7, 11) is 6.27. The third-order valence-corrected chi connectivity index (χ3v) is 3.82. The second-order valence-corrected chi connectivity index (χ2v) is 5.46. The van der Waals surface area contributed by atoms with Crippen molar-refractivity contribution in [2.24, 2.45) is 0 Å². The summed E-state index contributed by atoms with van der Waals surface area (Å²) in [6.45, 7) is 1.88. The molecule has 0 unspecified atom stereocenters. The SMILES string of the molecule is COc1ccc(/C=C/C(=O)Nc2cc(OC)c(OC)cc2C)cc1OC. The Hall–Kier alpha value is -3.15.